The molecule has 1 atom stereocenters. The number of aromatic nitrogens is 4. The molecule has 3 rings (SSSR count). The maximum absolute atomic E-state index is 12.4. The molecular formula is C18H20F3N5O3S. The number of aryl methyl sites for hydroxylation is 2. The number of fused-ring (bicyclic) bond motifs is 1. The molecule has 30 heavy (non-hydrogen) atoms. The van der Waals surface area contributed by atoms with E-state index in [4.69, 9.17) is 9.90 Å². The topological polar surface area (TPSA) is 110 Å². The summed E-state index contributed by atoms with van der Waals surface area (Å²) >= 11 is 1.51. The van der Waals surface area contributed by atoms with Gasteiger partial charge >= 0.3 is 12.1 Å². The second-order valence-electron chi connectivity index (χ2n) is 6.56. The van der Waals surface area contributed by atoms with Crippen LogP contribution >= 0.6 is 11.3 Å². The second-order valence-corrected chi connectivity index (χ2v) is 7.44. The maximum atomic E-state index is 12.4. The minimum absolute atomic E-state index is 0.145. The number of carboxylic acid groups (broad SMARTS) is 1. The number of rotatable bonds is 5. The van der Waals surface area contributed by atoms with Crippen molar-refractivity contribution < 1.29 is 27.9 Å². The third-order valence-corrected chi connectivity index (χ3v) is 5.13. The van der Waals surface area contributed by atoms with Crippen molar-refractivity contribution in [3.05, 3.63) is 41.2 Å². The lowest BCUT2D eigenvalue weighted by Crippen LogP contribution is -2.30. The lowest BCUT2D eigenvalue weighted by atomic mass is 10.1. The quantitative estimate of drug-likeness (QED) is 0.627. The van der Waals surface area contributed by atoms with Gasteiger partial charge in [-0.2, -0.15) is 13.2 Å². The Morgan fingerprint density at radius 3 is 2.50 bits per heavy atom. The monoisotopic (exact) mass is 443 g/mol. The number of nitrogens with one attached hydrogen (secondary N) is 1. The molecule has 0 saturated heterocycles. The summed E-state index contributed by atoms with van der Waals surface area (Å²) in [5.41, 5.74) is 2.39. The fourth-order valence-electron chi connectivity index (χ4n) is 2.48. The van der Waals surface area contributed by atoms with E-state index in [1.807, 2.05) is 25.4 Å². The maximum Gasteiger partial charge on any atom is 0.490 e. The molecule has 0 aliphatic rings. The zero-order valence-corrected chi connectivity index (χ0v) is 17.2. The minimum atomic E-state index is -5.08. The number of halogens is 3. The van der Waals surface area contributed by atoms with Crippen molar-refractivity contribution in [3.63, 3.8) is 0 Å². The summed E-state index contributed by atoms with van der Waals surface area (Å²) < 4.78 is 34.7. The molecule has 3 aromatic rings. The molecule has 2 N–H and O–H groups in total. The number of aliphatic carboxylic acids is 1. The molecule has 1 unspecified atom stereocenters. The Balaban J connectivity index is 0.000000396. The summed E-state index contributed by atoms with van der Waals surface area (Å²) in [6.45, 7) is 7.48. The van der Waals surface area contributed by atoms with Crippen molar-refractivity contribution in [2.45, 2.75) is 33.5 Å². The Morgan fingerprint density at radius 2 is 1.93 bits per heavy atom. The van der Waals surface area contributed by atoms with Crippen molar-refractivity contribution in [2.75, 3.05) is 6.54 Å². The van der Waals surface area contributed by atoms with Gasteiger partial charge in [-0.05, 0) is 30.7 Å². The van der Waals surface area contributed by atoms with E-state index in [0.29, 0.717) is 18.2 Å². The minimum Gasteiger partial charge on any atom is -0.475 e. The predicted octanol–water partition coefficient (Wildman–Crippen LogP) is 3.20. The van der Waals surface area contributed by atoms with Gasteiger partial charge in [-0.25, -0.2) is 19.7 Å². The normalized spacial score (nSPS) is 12.2. The third kappa shape index (κ3) is 5.99. The van der Waals surface area contributed by atoms with Gasteiger partial charge < -0.3 is 15.0 Å². The first-order chi connectivity index (χ1) is 14.0. The zero-order chi connectivity index (χ0) is 22.5. The van der Waals surface area contributed by atoms with Crippen molar-refractivity contribution in [1.29, 1.82) is 0 Å². The molecule has 3 heterocycles. The van der Waals surface area contributed by atoms with Crippen molar-refractivity contribution in [2.24, 2.45) is 5.92 Å². The van der Waals surface area contributed by atoms with Crippen LogP contribution in [-0.4, -0.2) is 49.2 Å². The highest BCUT2D eigenvalue weighted by molar-refractivity contribution is 7.17. The molecule has 0 fully saturated rings. The van der Waals surface area contributed by atoms with Gasteiger partial charge in [-0.1, -0.05) is 6.92 Å². The molecule has 0 aliphatic carbocycles. The number of carbonyl (C=O) groups excluding carboxylic acids is 1. The van der Waals surface area contributed by atoms with Gasteiger partial charge in [-0.3, -0.25) is 4.79 Å². The van der Waals surface area contributed by atoms with Gasteiger partial charge in [0.2, 0.25) is 0 Å². The summed E-state index contributed by atoms with van der Waals surface area (Å²) in [5.74, 6) is -1.62. The van der Waals surface area contributed by atoms with Gasteiger partial charge in [-0.15, -0.1) is 11.3 Å². The predicted molar refractivity (Wildman–Crippen MR) is 104 cm³/mol. The molecule has 162 valence electrons. The molecule has 0 radical (unpaired) electrons. The standard InChI is InChI=1S/C16H19N5OS.C2HF3O2/c1-10(7-21-5-4-17-12(21)3)6-18-16(22)14-15-13(19-9-20-14)11(2)8-23-15;3-2(4,5)1(6)7/h4-5,8-10H,6-7H2,1-3H3,(H,18,22);(H,6,7). The number of thiophene rings is 1. The van der Waals surface area contributed by atoms with Gasteiger partial charge in [0.25, 0.3) is 5.91 Å². The molecule has 1 amide bonds. The largest absolute Gasteiger partial charge is 0.490 e. The molecule has 8 nitrogen and oxygen atoms in total. The van der Waals surface area contributed by atoms with Crippen molar-refractivity contribution in [1.82, 2.24) is 24.8 Å². The van der Waals surface area contributed by atoms with E-state index in [-0.39, 0.29) is 5.91 Å². The summed E-state index contributed by atoms with van der Waals surface area (Å²) in [4.78, 5) is 33.9. The number of carbonyl (C=O) groups is 2. The van der Waals surface area contributed by atoms with Gasteiger partial charge in [0.1, 0.15) is 17.8 Å². The lowest BCUT2D eigenvalue weighted by Gasteiger charge is -2.14. The molecule has 12 heteroatoms. The lowest BCUT2D eigenvalue weighted by molar-refractivity contribution is -0.192. The van der Waals surface area contributed by atoms with Crippen LogP contribution < -0.4 is 5.32 Å². The van der Waals surface area contributed by atoms with E-state index < -0.39 is 12.1 Å². The Hall–Kier alpha value is -3.02. The smallest absolute Gasteiger partial charge is 0.475 e. The first-order valence-electron chi connectivity index (χ1n) is 8.75. The van der Waals surface area contributed by atoms with Crippen molar-refractivity contribution in [3.8, 4) is 0 Å². The van der Waals surface area contributed by atoms with Crippen LogP contribution in [-0.2, 0) is 11.3 Å². The number of alkyl halides is 3. The molecule has 0 bridgehead atoms. The average Bonchev–Trinajstić information content (AvgIpc) is 3.25. The number of nitrogens with zero attached hydrogens (tertiary/aromatic N) is 4. The molecular weight excluding hydrogens is 423 g/mol. The second kappa shape index (κ2) is 9.65. The van der Waals surface area contributed by atoms with E-state index in [9.17, 15) is 18.0 Å². The van der Waals surface area contributed by atoms with Crippen LogP contribution in [0.1, 0.15) is 28.8 Å². The Bertz CT molecular complexity index is 1030. The van der Waals surface area contributed by atoms with Gasteiger partial charge in [0.15, 0.2) is 0 Å². The van der Waals surface area contributed by atoms with Crippen LogP contribution in [0.4, 0.5) is 13.2 Å². The summed E-state index contributed by atoms with van der Waals surface area (Å²) in [6, 6.07) is 0. The van der Waals surface area contributed by atoms with Crippen LogP contribution in [0, 0.1) is 19.8 Å². The van der Waals surface area contributed by atoms with Crippen molar-refractivity contribution >= 4 is 33.4 Å². The Morgan fingerprint density at radius 1 is 1.27 bits per heavy atom. The van der Waals surface area contributed by atoms with Crippen LogP contribution in [0.2, 0.25) is 0 Å². The van der Waals surface area contributed by atoms with Crippen LogP contribution in [0.25, 0.3) is 10.2 Å². The van der Waals surface area contributed by atoms with E-state index in [2.05, 4.69) is 31.8 Å². The Labute approximate surface area is 173 Å². The number of hydrogen-bond donors (Lipinski definition) is 2. The van der Waals surface area contributed by atoms with Crippen LogP contribution in [0.3, 0.4) is 0 Å². The number of carboxylic acids is 1. The highest BCUT2D eigenvalue weighted by atomic mass is 32.1. The highest BCUT2D eigenvalue weighted by Gasteiger charge is 2.38. The summed E-state index contributed by atoms with van der Waals surface area (Å²) in [7, 11) is 0. The fraction of sp³-hybridized carbons (Fsp3) is 0.389. The molecule has 0 spiro atoms. The Kier molecular flexibility index (Phi) is 7.48. The van der Waals surface area contributed by atoms with Gasteiger partial charge in [0.05, 0.1) is 10.2 Å². The average molecular weight is 443 g/mol. The third-order valence-electron chi connectivity index (χ3n) is 4.03. The van der Waals surface area contributed by atoms with E-state index in [0.717, 1.165) is 28.1 Å². The highest BCUT2D eigenvalue weighted by Crippen LogP contribution is 2.25. The van der Waals surface area contributed by atoms with Crippen LogP contribution in [0.15, 0.2) is 24.1 Å². The molecule has 0 aliphatic heterocycles. The fourth-order valence-corrected chi connectivity index (χ4v) is 3.47. The summed E-state index contributed by atoms with van der Waals surface area (Å²) in [5, 5.41) is 12.1. The number of hydrogen-bond acceptors (Lipinski definition) is 6. The zero-order valence-electron chi connectivity index (χ0n) is 16.4. The first-order valence-corrected chi connectivity index (χ1v) is 9.63. The van der Waals surface area contributed by atoms with Gasteiger partial charge in [0, 0.05) is 25.5 Å². The summed E-state index contributed by atoms with van der Waals surface area (Å²) in [6.07, 6.45) is 0.114. The van der Waals surface area contributed by atoms with Crippen LogP contribution in [0.5, 0.6) is 0 Å². The molecule has 3 aromatic heterocycles. The first kappa shape index (κ1) is 23.3. The molecule has 0 aromatic carbocycles. The number of amides is 1. The number of imidazole rings is 1. The van der Waals surface area contributed by atoms with E-state index >= 15 is 0 Å². The molecule has 0 saturated carbocycles. The van der Waals surface area contributed by atoms with E-state index in [1.54, 1.807) is 6.20 Å². The van der Waals surface area contributed by atoms with E-state index in [1.165, 1.54) is 17.7 Å². The SMILES string of the molecule is Cc1csc2c(C(=O)NCC(C)Cn3ccnc3C)ncnc12.O=C(O)C(F)(F)F.